The molecule has 11 nitrogen and oxygen atoms in total. The maximum Gasteiger partial charge on any atom is 0.241 e. The molecule has 1 fully saturated rings. The second kappa shape index (κ2) is 34.8. The van der Waals surface area contributed by atoms with Crippen LogP contribution in [0.3, 0.4) is 0 Å². The lowest BCUT2D eigenvalue weighted by molar-refractivity contribution is -0.329. The molecule has 1 aliphatic rings. The Labute approximate surface area is 516 Å². The fraction of sp³-hybridized carbons (Fsp3) is 0.577. The third-order valence-corrected chi connectivity index (χ3v) is 28.2. The Bertz CT molecular complexity index is 2730. The van der Waals surface area contributed by atoms with Crippen molar-refractivity contribution >= 4 is 26.7 Å². The smallest absolute Gasteiger partial charge is 0.241 e. The number of nitrogens with one attached hydrogen (secondary N) is 1. The van der Waals surface area contributed by atoms with Crippen LogP contribution in [-0.2, 0) is 73.7 Å². The van der Waals surface area contributed by atoms with Crippen molar-refractivity contribution in [3.63, 3.8) is 0 Å². The molecule has 5 aromatic rings. The molecule has 8 atom stereocenters. The van der Waals surface area contributed by atoms with Gasteiger partial charge in [0.05, 0.1) is 62.8 Å². The number of hydrogen-bond donors (Lipinski definition) is 1. The third kappa shape index (κ3) is 22.9. The molecule has 0 amide bonds. The molecule has 0 saturated carbocycles. The first-order chi connectivity index (χ1) is 40.6. The van der Waals surface area contributed by atoms with Crippen LogP contribution in [0.15, 0.2) is 150 Å². The standard InChI is InChI=1S/C71H107NO10SSi2/c1-13-14-15-16-17-18-19-20-21-22-23-36-48-62(81-84(9,10)70(3,4)5)65(82-85(11,12)71(6,7)8)61(72-83(73,74)64-49-38-37-39-56(64)2)54-79-69-68(78-53-60-46-34-27-35-47-60)67(77-52-59-44-32-26-33-45-59)66(76-51-58-42-30-25-31-43-58)63(80-69)55-75-50-57-40-28-24-29-41-57/h24-35,37-47,49,61-63,65-69,72H,13-23,36,48,50-55H2,1-12H3/t61-,62+,63?,65+,66-,67-,68?,69+/m0/s1. The van der Waals surface area contributed by atoms with Gasteiger partial charge in [0, 0.05) is 0 Å². The molecule has 0 spiro atoms. The average Bonchev–Trinajstić information content (AvgIpc) is 3.46. The molecule has 0 aliphatic carbocycles. The predicted molar refractivity (Wildman–Crippen MR) is 351 cm³/mol. The Kier molecular flexibility index (Phi) is 28.7. The largest absolute Gasteiger partial charge is 0.411 e. The molecule has 2 unspecified atom stereocenters. The summed E-state index contributed by atoms with van der Waals surface area (Å²) in [7, 11) is -9.47. The summed E-state index contributed by atoms with van der Waals surface area (Å²) in [5, 5.41) is -0.391. The Hall–Kier alpha value is -3.88. The highest BCUT2D eigenvalue weighted by atomic mass is 32.2. The Morgan fingerprint density at radius 2 is 0.918 bits per heavy atom. The minimum atomic E-state index is -4.21. The molecule has 14 heteroatoms. The zero-order chi connectivity index (χ0) is 61.4. The summed E-state index contributed by atoms with van der Waals surface area (Å²) < 4.78 is 91.6. The normalized spacial score (nSPS) is 19.2. The first kappa shape index (κ1) is 70.2. The number of sulfonamides is 1. The highest BCUT2D eigenvalue weighted by Crippen LogP contribution is 2.42. The highest BCUT2D eigenvalue weighted by molar-refractivity contribution is 7.89. The minimum absolute atomic E-state index is 0.132. The van der Waals surface area contributed by atoms with E-state index in [1.54, 1.807) is 12.1 Å². The van der Waals surface area contributed by atoms with Crippen molar-refractivity contribution in [2.24, 2.45) is 0 Å². The summed E-state index contributed by atoms with van der Waals surface area (Å²) >= 11 is 0. The third-order valence-electron chi connectivity index (χ3n) is 17.6. The number of benzene rings is 5. The van der Waals surface area contributed by atoms with E-state index < -0.39 is 75.6 Å². The van der Waals surface area contributed by atoms with Crippen LogP contribution < -0.4 is 4.72 Å². The van der Waals surface area contributed by atoms with E-state index in [1.807, 2.05) is 140 Å². The lowest BCUT2D eigenvalue weighted by Gasteiger charge is -2.48. The summed E-state index contributed by atoms with van der Waals surface area (Å²) in [5.74, 6) is 0. The van der Waals surface area contributed by atoms with E-state index in [2.05, 4.69) is 79.4 Å². The average molecular weight is 1220 g/mol. The van der Waals surface area contributed by atoms with E-state index in [9.17, 15) is 0 Å². The number of rotatable bonds is 38. The molecule has 5 aromatic carbocycles. The van der Waals surface area contributed by atoms with Gasteiger partial charge in [-0.2, -0.15) is 0 Å². The Morgan fingerprint density at radius 1 is 0.506 bits per heavy atom. The van der Waals surface area contributed by atoms with Gasteiger partial charge in [-0.1, -0.05) is 265 Å². The van der Waals surface area contributed by atoms with Crippen LogP contribution in [0.1, 0.15) is 160 Å². The molecule has 0 bridgehead atoms. The number of hydrogen-bond acceptors (Lipinski definition) is 10. The molecule has 85 heavy (non-hydrogen) atoms. The monoisotopic (exact) mass is 1220 g/mol. The van der Waals surface area contributed by atoms with E-state index in [0.29, 0.717) is 18.6 Å². The molecule has 6 rings (SSSR count). The van der Waals surface area contributed by atoms with Gasteiger partial charge in [0.15, 0.2) is 22.9 Å². The summed E-state index contributed by atoms with van der Waals surface area (Å²) in [6.07, 6.45) is 9.94. The molecule has 1 N–H and O–H groups in total. The molecule has 1 heterocycles. The van der Waals surface area contributed by atoms with E-state index in [4.69, 9.17) is 37.3 Å². The van der Waals surface area contributed by atoms with Gasteiger partial charge in [-0.05, 0) is 83.5 Å². The van der Waals surface area contributed by atoms with Crippen molar-refractivity contribution in [2.75, 3.05) is 13.2 Å². The predicted octanol–water partition coefficient (Wildman–Crippen LogP) is 17.2. The lowest BCUT2D eigenvalue weighted by Crippen LogP contribution is -2.63. The van der Waals surface area contributed by atoms with E-state index >= 15 is 8.42 Å². The fourth-order valence-corrected chi connectivity index (χ4v) is 14.6. The molecule has 470 valence electrons. The van der Waals surface area contributed by atoms with Crippen molar-refractivity contribution in [1.82, 2.24) is 4.72 Å². The van der Waals surface area contributed by atoms with Gasteiger partial charge in [0.25, 0.3) is 0 Å². The van der Waals surface area contributed by atoms with Crippen LogP contribution in [0.4, 0.5) is 0 Å². The number of ether oxygens (including phenoxy) is 6. The van der Waals surface area contributed by atoms with E-state index in [0.717, 1.165) is 41.5 Å². The van der Waals surface area contributed by atoms with Crippen molar-refractivity contribution in [3.05, 3.63) is 173 Å². The first-order valence-corrected chi connectivity index (χ1v) is 39.2. The topological polar surface area (TPSA) is 120 Å². The molecule has 1 saturated heterocycles. The van der Waals surface area contributed by atoms with Gasteiger partial charge in [0.2, 0.25) is 10.0 Å². The minimum Gasteiger partial charge on any atom is -0.411 e. The summed E-state index contributed by atoms with van der Waals surface area (Å²) in [5.41, 5.74) is 4.56. The van der Waals surface area contributed by atoms with Gasteiger partial charge in [0.1, 0.15) is 24.4 Å². The Morgan fingerprint density at radius 3 is 1.39 bits per heavy atom. The van der Waals surface area contributed by atoms with Crippen LogP contribution >= 0.6 is 0 Å². The van der Waals surface area contributed by atoms with E-state index in [-0.39, 0.29) is 48.0 Å². The summed E-state index contributed by atoms with van der Waals surface area (Å²) in [6, 6.07) is 46.4. The van der Waals surface area contributed by atoms with Gasteiger partial charge < -0.3 is 37.3 Å². The molecule has 0 aromatic heterocycles. The van der Waals surface area contributed by atoms with Crippen molar-refractivity contribution in [2.45, 2.75) is 255 Å². The summed E-state index contributed by atoms with van der Waals surface area (Å²) in [6.45, 7) is 27.6. The fourth-order valence-electron chi connectivity index (χ4n) is 10.4. The van der Waals surface area contributed by atoms with Crippen molar-refractivity contribution in [1.29, 1.82) is 0 Å². The van der Waals surface area contributed by atoms with Gasteiger partial charge >= 0.3 is 0 Å². The first-order valence-electron chi connectivity index (χ1n) is 31.9. The molecular weight excluding hydrogens is 1120 g/mol. The zero-order valence-electron chi connectivity index (χ0n) is 53.9. The van der Waals surface area contributed by atoms with Crippen LogP contribution in [0, 0.1) is 6.92 Å². The van der Waals surface area contributed by atoms with Crippen molar-refractivity contribution in [3.8, 4) is 0 Å². The molecule has 0 radical (unpaired) electrons. The van der Waals surface area contributed by atoms with Crippen LogP contribution in [0.25, 0.3) is 0 Å². The van der Waals surface area contributed by atoms with Gasteiger partial charge in [-0.3, -0.25) is 0 Å². The van der Waals surface area contributed by atoms with Gasteiger partial charge in [-0.25, -0.2) is 13.1 Å². The van der Waals surface area contributed by atoms with Crippen LogP contribution in [0.5, 0.6) is 0 Å². The maximum absolute atomic E-state index is 15.3. The van der Waals surface area contributed by atoms with Crippen molar-refractivity contribution < 1.29 is 45.7 Å². The van der Waals surface area contributed by atoms with Crippen LogP contribution in [-0.4, -0.2) is 87.2 Å². The number of unbranched alkanes of at least 4 members (excludes halogenated alkanes) is 11. The van der Waals surface area contributed by atoms with Gasteiger partial charge in [-0.15, -0.1) is 0 Å². The number of aryl methyl sites for hydroxylation is 1. The quantitative estimate of drug-likeness (QED) is 0.0302. The molecular formula is C71H107NO10SSi2. The zero-order valence-corrected chi connectivity index (χ0v) is 56.7. The lowest BCUT2D eigenvalue weighted by atomic mass is 9.97. The second-order valence-electron chi connectivity index (χ2n) is 26.6. The summed E-state index contributed by atoms with van der Waals surface area (Å²) in [4.78, 5) is 0.190. The maximum atomic E-state index is 15.3. The molecule has 1 aliphatic heterocycles. The SMILES string of the molecule is CCCCCCCCCCCCCC[C@@H](O[Si](C)(C)C(C)(C)C)[C@H](O[Si](C)(C)C(C)(C)C)[C@H](CO[C@@H]1OC(COCc2ccccc2)[C@H](OCc2ccccc2)[C@H](OCc2ccccc2)C1OCc1ccccc1)NS(=O)(=O)c1ccccc1C. The Balaban J connectivity index is 1.44. The second-order valence-corrected chi connectivity index (χ2v) is 37.8. The highest BCUT2D eigenvalue weighted by Gasteiger charge is 2.51. The van der Waals surface area contributed by atoms with Crippen LogP contribution in [0.2, 0.25) is 36.3 Å². The van der Waals surface area contributed by atoms with E-state index in [1.165, 1.54) is 57.8 Å².